The standard InChI is InChI=1S/C23H21NO5/c1-28-17-8-10-18(11-9-17)29-23(27)13-4-6-16(7-5-13)24-21(25)19-14-2-3-15(12-14)20(19)22(24)26/h4-11,14-15,19-20H,2-3,12H2,1H3. The third kappa shape index (κ3) is 2.82. The van der Waals surface area contributed by atoms with Crippen molar-refractivity contribution in [3.05, 3.63) is 54.1 Å². The molecule has 0 radical (unpaired) electrons. The second kappa shape index (κ2) is 6.72. The first-order valence-electron chi connectivity index (χ1n) is 9.91. The molecule has 1 saturated heterocycles. The Balaban J connectivity index is 1.32. The molecular formula is C23H21NO5. The van der Waals surface area contributed by atoms with Gasteiger partial charge in [0.15, 0.2) is 0 Å². The predicted octanol–water partition coefficient (Wildman–Crippen LogP) is 3.45. The van der Waals surface area contributed by atoms with E-state index in [1.807, 2.05) is 0 Å². The number of rotatable bonds is 4. The van der Waals surface area contributed by atoms with Crippen molar-refractivity contribution in [1.82, 2.24) is 0 Å². The summed E-state index contributed by atoms with van der Waals surface area (Å²) in [6.45, 7) is 0. The molecule has 2 aliphatic carbocycles. The molecule has 2 saturated carbocycles. The largest absolute Gasteiger partial charge is 0.497 e. The zero-order valence-electron chi connectivity index (χ0n) is 16.0. The molecule has 0 aromatic heterocycles. The van der Waals surface area contributed by atoms with Crippen molar-refractivity contribution in [2.24, 2.45) is 23.7 Å². The fourth-order valence-electron chi connectivity index (χ4n) is 5.22. The second-order valence-electron chi connectivity index (χ2n) is 8.01. The van der Waals surface area contributed by atoms with Gasteiger partial charge in [-0.25, -0.2) is 4.79 Å². The zero-order chi connectivity index (χ0) is 20.1. The lowest BCUT2D eigenvalue weighted by Crippen LogP contribution is -2.32. The molecule has 2 aromatic rings. The number of esters is 1. The minimum absolute atomic E-state index is 0.0826. The molecule has 2 aromatic carbocycles. The number of methoxy groups -OCH3 is 1. The van der Waals surface area contributed by atoms with E-state index in [-0.39, 0.29) is 23.7 Å². The highest BCUT2D eigenvalue weighted by molar-refractivity contribution is 6.22. The number of fused-ring (bicyclic) bond motifs is 5. The van der Waals surface area contributed by atoms with Gasteiger partial charge in [0.05, 0.1) is 30.2 Å². The Morgan fingerprint density at radius 3 is 1.97 bits per heavy atom. The molecule has 2 amide bonds. The highest BCUT2D eigenvalue weighted by atomic mass is 16.5. The van der Waals surface area contributed by atoms with Crippen molar-refractivity contribution < 1.29 is 23.9 Å². The summed E-state index contributed by atoms with van der Waals surface area (Å²) in [5.74, 6) is 0.815. The number of carbonyl (C=O) groups excluding carboxylic acids is 3. The van der Waals surface area contributed by atoms with Crippen LogP contribution in [0.5, 0.6) is 11.5 Å². The third-order valence-electron chi connectivity index (χ3n) is 6.56. The number of amides is 2. The van der Waals surface area contributed by atoms with E-state index >= 15 is 0 Å². The molecule has 3 aliphatic rings. The summed E-state index contributed by atoms with van der Waals surface area (Å²) in [5.41, 5.74) is 0.874. The van der Waals surface area contributed by atoms with Crippen LogP contribution in [-0.2, 0) is 9.59 Å². The molecule has 29 heavy (non-hydrogen) atoms. The fourth-order valence-corrected chi connectivity index (χ4v) is 5.22. The maximum atomic E-state index is 12.9. The van der Waals surface area contributed by atoms with Crippen molar-refractivity contribution >= 4 is 23.5 Å². The summed E-state index contributed by atoms with van der Waals surface area (Å²) in [5, 5.41) is 0. The molecule has 148 valence electrons. The number of ether oxygens (including phenoxy) is 2. The van der Waals surface area contributed by atoms with E-state index in [9.17, 15) is 14.4 Å². The molecule has 0 N–H and O–H groups in total. The van der Waals surface area contributed by atoms with Gasteiger partial charge in [0.1, 0.15) is 11.5 Å². The molecule has 1 heterocycles. The molecule has 4 atom stereocenters. The molecule has 6 heteroatoms. The quantitative estimate of drug-likeness (QED) is 0.453. The Bertz CT molecular complexity index is 953. The van der Waals surface area contributed by atoms with Crippen LogP contribution in [0.4, 0.5) is 5.69 Å². The van der Waals surface area contributed by atoms with E-state index in [2.05, 4.69) is 0 Å². The van der Waals surface area contributed by atoms with Crippen LogP contribution in [0.15, 0.2) is 48.5 Å². The van der Waals surface area contributed by atoms with Crippen molar-refractivity contribution in [2.45, 2.75) is 19.3 Å². The summed E-state index contributed by atoms with van der Waals surface area (Å²) in [7, 11) is 1.57. The van der Waals surface area contributed by atoms with Crippen molar-refractivity contribution in [3.63, 3.8) is 0 Å². The first-order chi connectivity index (χ1) is 14.1. The van der Waals surface area contributed by atoms with Gasteiger partial charge in [-0.15, -0.1) is 0 Å². The Morgan fingerprint density at radius 2 is 1.41 bits per heavy atom. The zero-order valence-corrected chi connectivity index (χ0v) is 16.0. The third-order valence-corrected chi connectivity index (χ3v) is 6.56. The molecule has 2 bridgehead atoms. The highest BCUT2D eigenvalue weighted by Gasteiger charge is 2.61. The van der Waals surface area contributed by atoms with Gasteiger partial charge in [0.25, 0.3) is 0 Å². The SMILES string of the molecule is COc1ccc(OC(=O)c2ccc(N3C(=O)C4C5CCC(C5)C4C3=O)cc2)cc1. The summed E-state index contributed by atoms with van der Waals surface area (Å²) in [6, 6.07) is 13.2. The first-order valence-corrected chi connectivity index (χ1v) is 9.91. The Hall–Kier alpha value is -3.15. The van der Waals surface area contributed by atoms with Gasteiger partial charge < -0.3 is 9.47 Å². The number of imide groups is 1. The van der Waals surface area contributed by atoms with Crippen LogP contribution in [-0.4, -0.2) is 24.9 Å². The first kappa shape index (κ1) is 17.9. The van der Waals surface area contributed by atoms with Crippen LogP contribution in [0.1, 0.15) is 29.6 Å². The predicted molar refractivity (Wildman–Crippen MR) is 105 cm³/mol. The summed E-state index contributed by atoms with van der Waals surface area (Å²) in [4.78, 5) is 39.5. The lowest BCUT2D eigenvalue weighted by atomic mass is 9.81. The Morgan fingerprint density at radius 1 is 0.862 bits per heavy atom. The second-order valence-corrected chi connectivity index (χ2v) is 8.01. The molecule has 0 spiro atoms. The number of carbonyl (C=O) groups is 3. The van der Waals surface area contributed by atoms with Crippen LogP contribution in [0.3, 0.4) is 0 Å². The van der Waals surface area contributed by atoms with Crippen LogP contribution < -0.4 is 14.4 Å². The Labute approximate surface area is 168 Å². The average Bonchev–Trinajstić information content (AvgIpc) is 3.42. The van der Waals surface area contributed by atoms with Gasteiger partial charge in [0.2, 0.25) is 11.8 Å². The summed E-state index contributed by atoms with van der Waals surface area (Å²) < 4.78 is 10.4. The van der Waals surface area contributed by atoms with E-state index in [4.69, 9.17) is 9.47 Å². The van der Waals surface area contributed by atoms with Gasteiger partial charge in [-0.05, 0) is 79.6 Å². The molecule has 4 unspecified atom stereocenters. The number of hydrogen-bond donors (Lipinski definition) is 0. The number of benzene rings is 2. The van der Waals surface area contributed by atoms with Crippen LogP contribution >= 0.6 is 0 Å². The maximum absolute atomic E-state index is 12.9. The lowest BCUT2D eigenvalue weighted by molar-refractivity contribution is -0.123. The van der Waals surface area contributed by atoms with E-state index in [1.165, 1.54) is 4.90 Å². The monoisotopic (exact) mass is 391 g/mol. The van der Waals surface area contributed by atoms with Crippen molar-refractivity contribution in [3.8, 4) is 11.5 Å². The normalized spacial score (nSPS) is 27.3. The summed E-state index contributed by atoms with van der Waals surface area (Å²) >= 11 is 0. The molecular weight excluding hydrogens is 370 g/mol. The molecule has 1 aliphatic heterocycles. The van der Waals surface area contributed by atoms with Gasteiger partial charge in [-0.2, -0.15) is 0 Å². The maximum Gasteiger partial charge on any atom is 0.343 e. The molecule has 5 rings (SSSR count). The smallest absolute Gasteiger partial charge is 0.343 e. The van der Waals surface area contributed by atoms with Crippen LogP contribution in [0.2, 0.25) is 0 Å². The van der Waals surface area contributed by atoms with Crippen molar-refractivity contribution in [2.75, 3.05) is 12.0 Å². The van der Waals surface area contributed by atoms with Gasteiger partial charge in [-0.1, -0.05) is 0 Å². The number of hydrogen-bond acceptors (Lipinski definition) is 5. The fraction of sp³-hybridized carbons (Fsp3) is 0.348. The Kier molecular flexibility index (Phi) is 4.15. The number of nitrogens with zero attached hydrogens (tertiary/aromatic N) is 1. The molecule has 3 fully saturated rings. The van der Waals surface area contributed by atoms with E-state index < -0.39 is 5.97 Å². The van der Waals surface area contributed by atoms with E-state index in [1.54, 1.807) is 55.6 Å². The van der Waals surface area contributed by atoms with E-state index in [0.717, 1.165) is 19.3 Å². The topological polar surface area (TPSA) is 72.9 Å². The minimum Gasteiger partial charge on any atom is -0.497 e. The van der Waals surface area contributed by atoms with E-state index in [0.29, 0.717) is 34.6 Å². The van der Waals surface area contributed by atoms with Crippen LogP contribution in [0, 0.1) is 23.7 Å². The van der Waals surface area contributed by atoms with Gasteiger partial charge in [-0.3, -0.25) is 14.5 Å². The van der Waals surface area contributed by atoms with Crippen molar-refractivity contribution in [1.29, 1.82) is 0 Å². The van der Waals surface area contributed by atoms with Gasteiger partial charge in [0, 0.05) is 0 Å². The molecule has 6 nitrogen and oxygen atoms in total. The number of anilines is 1. The highest BCUT2D eigenvalue weighted by Crippen LogP contribution is 2.56. The average molecular weight is 391 g/mol. The lowest BCUT2D eigenvalue weighted by Gasteiger charge is -2.19. The minimum atomic E-state index is -0.504. The van der Waals surface area contributed by atoms with Crippen LogP contribution in [0.25, 0.3) is 0 Å². The van der Waals surface area contributed by atoms with Gasteiger partial charge >= 0.3 is 5.97 Å². The summed E-state index contributed by atoms with van der Waals surface area (Å²) in [6.07, 6.45) is 3.11.